The van der Waals surface area contributed by atoms with Gasteiger partial charge in [-0.15, -0.1) is 0 Å². The highest BCUT2D eigenvalue weighted by atomic mass is 35.5. The van der Waals surface area contributed by atoms with Crippen molar-refractivity contribution in [2.45, 2.75) is 32.8 Å². The largest absolute Gasteiger partial charge is 0.486 e. The van der Waals surface area contributed by atoms with Gasteiger partial charge in [-0.25, -0.2) is 0 Å². The van der Waals surface area contributed by atoms with E-state index in [1.807, 2.05) is 6.92 Å². The molecule has 2 unspecified atom stereocenters. The SMILES string of the molecule is CCCOCCN1CCC(CNC(=O)c2cc(Cl)c(C)c3c2OCCO3)C(O)C1. The average molecular weight is 427 g/mol. The maximum atomic E-state index is 12.8. The number of carbonyl (C=O) groups is 1. The zero-order valence-corrected chi connectivity index (χ0v) is 18.0. The summed E-state index contributed by atoms with van der Waals surface area (Å²) in [6, 6.07) is 1.62. The number of β-amino-alcohol motifs (C(OH)–C–C–N with tert-alkyl or cyclic N) is 1. The van der Waals surface area contributed by atoms with E-state index in [1.54, 1.807) is 6.07 Å². The highest BCUT2D eigenvalue weighted by Crippen LogP contribution is 2.40. The lowest BCUT2D eigenvalue weighted by Gasteiger charge is -2.36. The molecule has 2 N–H and O–H groups in total. The Hall–Kier alpha value is -1.54. The molecule has 0 saturated carbocycles. The number of rotatable bonds is 8. The second kappa shape index (κ2) is 10.5. The van der Waals surface area contributed by atoms with Crippen molar-refractivity contribution in [1.82, 2.24) is 10.2 Å². The second-order valence-corrected chi connectivity index (χ2v) is 8.03. The number of likely N-dealkylation sites (tertiary alicyclic amines) is 1. The van der Waals surface area contributed by atoms with E-state index in [4.69, 9.17) is 25.8 Å². The molecule has 8 heteroatoms. The van der Waals surface area contributed by atoms with Crippen LogP contribution in [0, 0.1) is 12.8 Å². The number of piperidine rings is 1. The zero-order valence-electron chi connectivity index (χ0n) is 17.2. The minimum Gasteiger partial charge on any atom is -0.486 e. The first-order valence-electron chi connectivity index (χ1n) is 10.4. The van der Waals surface area contributed by atoms with E-state index >= 15 is 0 Å². The summed E-state index contributed by atoms with van der Waals surface area (Å²) in [4.78, 5) is 15.0. The van der Waals surface area contributed by atoms with Crippen LogP contribution in [0.4, 0.5) is 0 Å². The average Bonchev–Trinajstić information content (AvgIpc) is 2.73. The molecule has 1 aromatic carbocycles. The van der Waals surface area contributed by atoms with Gasteiger partial charge in [0.1, 0.15) is 13.2 Å². The van der Waals surface area contributed by atoms with E-state index in [9.17, 15) is 9.90 Å². The molecule has 0 spiro atoms. The molecule has 2 heterocycles. The Kier molecular flexibility index (Phi) is 8.00. The lowest BCUT2D eigenvalue weighted by molar-refractivity contribution is 0.00896. The third-order valence-electron chi connectivity index (χ3n) is 5.47. The lowest BCUT2D eigenvalue weighted by atomic mass is 9.93. The molecule has 1 fully saturated rings. The summed E-state index contributed by atoms with van der Waals surface area (Å²) in [5.41, 5.74) is 1.14. The Morgan fingerprint density at radius 2 is 2.10 bits per heavy atom. The molecule has 0 aromatic heterocycles. The summed E-state index contributed by atoms with van der Waals surface area (Å²) in [5.74, 6) is 0.725. The minimum atomic E-state index is -0.481. The molecule has 1 aromatic rings. The molecule has 29 heavy (non-hydrogen) atoms. The Morgan fingerprint density at radius 3 is 2.83 bits per heavy atom. The molecule has 0 bridgehead atoms. The van der Waals surface area contributed by atoms with Gasteiger partial charge in [-0.1, -0.05) is 18.5 Å². The van der Waals surface area contributed by atoms with Crippen LogP contribution in [0.25, 0.3) is 0 Å². The number of amides is 1. The van der Waals surface area contributed by atoms with Crippen molar-refractivity contribution in [1.29, 1.82) is 0 Å². The highest BCUT2D eigenvalue weighted by molar-refractivity contribution is 6.32. The third-order valence-corrected chi connectivity index (χ3v) is 5.86. The first-order chi connectivity index (χ1) is 14.0. The molecule has 1 amide bonds. The molecular formula is C21H31ClN2O5. The van der Waals surface area contributed by atoms with Gasteiger partial charge in [0.05, 0.1) is 18.3 Å². The molecule has 2 atom stereocenters. The number of fused-ring (bicyclic) bond motifs is 1. The molecule has 3 rings (SSSR count). The van der Waals surface area contributed by atoms with Crippen LogP contribution in [0.5, 0.6) is 11.5 Å². The Balaban J connectivity index is 1.53. The fourth-order valence-electron chi connectivity index (χ4n) is 3.72. The first kappa shape index (κ1) is 22.2. The van der Waals surface area contributed by atoms with E-state index in [0.717, 1.165) is 38.1 Å². The molecule has 2 aliphatic rings. The standard InChI is InChI=1S/C21H31ClN2O5/c1-3-7-27-8-6-24-5-4-15(18(25)13-24)12-23-21(26)16-11-17(22)14(2)19-20(16)29-10-9-28-19/h11,15,18,25H,3-10,12-13H2,1-2H3,(H,23,26). The van der Waals surface area contributed by atoms with Crippen LogP contribution < -0.4 is 14.8 Å². The van der Waals surface area contributed by atoms with E-state index in [1.165, 1.54) is 0 Å². The smallest absolute Gasteiger partial charge is 0.255 e. The van der Waals surface area contributed by atoms with Gasteiger partial charge in [-0.2, -0.15) is 0 Å². The van der Waals surface area contributed by atoms with Gasteiger partial charge in [-0.3, -0.25) is 9.69 Å². The van der Waals surface area contributed by atoms with Crippen molar-refractivity contribution in [2.75, 3.05) is 52.6 Å². The molecule has 0 radical (unpaired) electrons. The van der Waals surface area contributed by atoms with E-state index < -0.39 is 6.10 Å². The molecule has 1 saturated heterocycles. The van der Waals surface area contributed by atoms with E-state index in [-0.39, 0.29) is 11.8 Å². The number of nitrogens with zero attached hydrogens (tertiary/aromatic N) is 1. The number of hydrogen-bond donors (Lipinski definition) is 2. The highest BCUT2D eigenvalue weighted by Gasteiger charge is 2.29. The predicted octanol–water partition coefficient (Wildman–Crippen LogP) is 2.26. The van der Waals surface area contributed by atoms with Crippen LogP contribution in [-0.2, 0) is 4.74 Å². The van der Waals surface area contributed by atoms with Gasteiger partial charge in [0.25, 0.3) is 5.91 Å². The van der Waals surface area contributed by atoms with Crippen molar-refractivity contribution in [3.05, 3.63) is 22.2 Å². The van der Waals surface area contributed by atoms with Gasteiger partial charge in [-0.05, 0) is 32.4 Å². The lowest BCUT2D eigenvalue weighted by Crippen LogP contribution is -2.48. The van der Waals surface area contributed by atoms with Crippen LogP contribution in [0.15, 0.2) is 6.07 Å². The van der Waals surface area contributed by atoms with Gasteiger partial charge in [0, 0.05) is 42.7 Å². The maximum absolute atomic E-state index is 12.8. The van der Waals surface area contributed by atoms with Gasteiger partial charge < -0.3 is 24.6 Å². The molecule has 162 valence electrons. The van der Waals surface area contributed by atoms with E-state index in [2.05, 4.69) is 17.1 Å². The van der Waals surface area contributed by atoms with Gasteiger partial charge >= 0.3 is 0 Å². The number of halogens is 1. The maximum Gasteiger partial charge on any atom is 0.255 e. The number of benzene rings is 1. The second-order valence-electron chi connectivity index (χ2n) is 7.63. The van der Waals surface area contributed by atoms with Crippen LogP contribution in [0.2, 0.25) is 5.02 Å². The van der Waals surface area contributed by atoms with Crippen LogP contribution in [0.3, 0.4) is 0 Å². The van der Waals surface area contributed by atoms with Crippen molar-refractivity contribution in [2.24, 2.45) is 5.92 Å². The van der Waals surface area contributed by atoms with Crippen molar-refractivity contribution in [3.63, 3.8) is 0 Å². The number of ether oxygens (including phenoxy) is 3. The summed E-state index contributed by atoms with van der Waals surface area (Å²) in [7, 11) is 0. The monoisotopic (exact) mass is 426 g/mol. The molecule has 0 aliphatic carbocycles. The van der Waals surface area contributed by atoms with Crippen molar-refractivity contribution >= 4 is 17.5 Å². The normalized spacial score (nSPS) is 21.8. The fourth-order valence-corrected chi connectivity index (χ4v) is 3.92. The van der Waals surface area contributed by atoms with Gasteiger partial charge in [0.15, 0.2) is 11.5 Å². The minimum absolute atomic E-state index is 0.0145. The third kappa shape index (κ3) is 5.54. The van der Waals surface area contributed by atoms with Crippen molar-refractivity contribution < 1.29 is 24.1 Å². The summed E-state index contributed by atoms with van der Waals surface area (Å²) in [6.07, 6.45) is 1.35. The quantitative estimate of drug-likeness (QED) is 0.621. The topological polar surface area (TPSA) is 80.3 Å². The Morgan fingerprint density at radius 1 is 1.34 bits per heavy atom. The van der Waals surface area contributed by atoms with Crippen LogP contribution in [0.1, 0.15) is 35.7 Å². The van der Waals surface area contributed by atoms with Crippen molar-refractivity contribution in [3.8, 4) is 11.5 Å². The summed E-state index contributed by atoms with van der Waals surface area (Å²) in [5, 5.41) is 13.9. The number of aliphatic hydroxyl groups excluding tert-OH is 1. The zero-order chi connectivity index (χ0) is 20.8. The molecule has 2 aliphatic heterocycles. The predicted molar refractivity (Wildman–Crippen MR) is 111 cm³/mol. The van der Waals surface area contributed by atoms with E-state index in [0.29, 0.717) is 55.0 Å². The number of nitrogens with one attached hydrogen (secondary N) is 1. The van der Waals surface area contributed by atoms with Crippen LogP contribution >= 0.6 is 11.6 Å². The summed E-state index contributed by atoms with van der Waals surface area (Å²) >= 11 is 6.27. The van der Waals surface area contributed by atoms with Gasteiger partial charge in [0.2, 0.25) is 0 Å². The number of hydrogen-bond acceptors (Lipinski definition) is 6. The number of aliphatic hydroxyl groups is 1. The van der Waals surface area contributed by atoms with Crippen LogP contribution in [-0.4, -0.2) is 74.6 Å². The summed E-state index contributed by atoms with van der Waals surface area (Å²) in [6.45, 7) is 8.92. The fraction of sp³-hybridized carbons (Fsp3) is 0.667. The molecule has 7 nitrogen and oxygen atoms in total. The molecular weight excluding hydrogens is 396 g/mol. The Bertz CT molecular complexity index is 715. The number of carbonyl (C=O) groups excluding carboxylic acids is 1. The first-order valence-corrected chi connectivity index (χ1v) is 10.7. The Labute approximate surface area is 177 Å². The summed E-state index contributed by atoms with van der Waals surface area (Å²) < 4.78 is 16.9.